The Morgan fingerprint density at radius 1 is 1.11 bits per heavy atom. The van der Waals surface area contributed by atoms with Crippen molar-refractivity contribution in [2.24, 2.45) is 5.92 Å². The summed E-state index contributed by atoms with van der Waals surface area (Å²) in [7, 11) is -4.10. The molecular weight excluding hydrogens is 635 g/mol. The summed E-state index contributed by atoms with van der Waals surface area (Å²) in [5, 5.41) is 9.73. The standard InChI is InChI=1S/C34H30F3N3O6S/c1-34(12-14-45-29-19(6-4-8-23(29)34)18-5-3-7-20(18)33(41)42)25-16-39-32(40-25)22-15-17(9-10-24(22)35)46-30-27(37)26(36)28-21(11-13-38-28)31(30)47(2,43)44/h4,6,8-11,13,15-16,18,20,38H,3,5,7,12,14H2,1-2H3,(H,39,40)(H,41,42)/t18?,20-,34?/m1/s1. The number of carboxylic acids is 1. The van der Waals surface area contributed by atoms with Gasteiger partial charge in [-0.05, 0) is 56.0 Å². The van der Waals surface area contributed by atoms with Crippen LogP contribution in [-0.2, 0) is 20.0 Å². The maximum absolute atomic E-state index is 15.3. The molecule has 2 aromatic heterocycles. The Hall–Kier alpha value is -4.78. The van der Waals surface area contributed by atoms with Crippen LogP contribution in [0.3, 0.4) is 0 Å². The van der Waals surface area contributed by atoms with Crippen LogP contribution in [0.5, 0.6) is 17.2 Å². The van der Waals surface area contributed by atoms with Gasteiger partial charge in [-0.3, -0.25) is 4.79 Å². The van der Waals surface area contributed by atoms with E-state index >= 15 is 8.78 Å². The predicted octanol–water partition coefficient (Wildman–Crippen LogP) is 7.23. The molecule has 2 aliphatic rings. The molecule has 1 fully saturated rings. The first-order chi connectivity index (χ1) is 22.4. The molecule has 0 spiro atoms. The van der Waals surface area contributed by atoms with Crippen molar-refractivity contribution in [2.45, 2.75) is 48.8 Å². The highest BCUT2D eigenvalue weighted by atomic mass is 32.2. The molecule has 1 aliphatic carbocycles. The molecule has 0 amide bonds. The molecule has 3 aromatic carbocycles. The molecule has 5 aromatic rings. The molecule has 3 N–H and O–H groups in total. The van der Waals surface area contributed by atoms with Crippen LogP contribution < -0.4 is 9.47 Å². The highest BCUT2D eigenvalue weighted by Crippen LogP contribution is 2.50. The van der Waals surface area contributed by atoms with E-state index in [1.54, 1.807) is 6.20 Å². The molecule has 13 heteroatoms. The van der Waals surface area contributed by atoms with Gasteiger partial charge < -0.3 is 24.5 Å². The number of sulfone groups is 1. The van der Waals surface area contributed by atoms with Crippen LogP contribution in [0.25, 0.3) is 22.3 Å². The van der Waals surface area contributed by atoms with Crippen LogP contribution in [0, 0.1) is 23.4 Å². The number of rotatable bonds is 7. The Bertz CT molecular complexity index is 2180. The van der Waals surface area contributed by atoms with E-state index in [0.29, 0.717) is 30.9 Å². The van der Waals surface area contributed by atoms with Gasteiger partial charge in [-0.1, -0.05) is 24.6 Å². The SMILES string of the molecule is CC1(c2c[nH]c(-c3cc(Oc4c(F)c(F)c5[nH]ccc5c4S(C)(=O)=O)ccc3F)n2)CCOc2c(C3CCC[C@H]3C(=O)O)cccc21. The van der Waals surface area contributed by atoms with Crippen molar-refractivity contribution in [1.82, 2.24) is 15.0 Å². The summed E-state index contributed by atoms with van der Waals surface area (Å²) in [6.45, 7) is 2.36. The van der Waals surface area contributed by atoms with Crippen molar-refractivity contribution in [3.63, 3.8) is 0 Å². The number of para-hydroxylation sites is 1. The van der Waals surface area contributed by atoms with E-state index in [1.807, 2.05) is 25.1 Å². The number of carboxylic acid groups (broad SMARTS) is 1. The van der Waals surface area contributed by atoms with Crippen LogP contribution in [0.15, 0.2) is 59.8 Å². The van der Waals surface area contributed by atoms with E-state index in [2.05, 4.69) is 9.97 Å². The largest absolute Gasteiger partial charge is 0.493 e. The number of aromatic nitrogens is 3. The molecule has 3 heterocycles. The highest BCUT2D eigenvalue weighted by Gasteiger charge is 2.42. The monoisotopic (exact) mass is 665 g/mol. The van der Waals surface area contributed by atoms with Crippen molar-refractivity contribution in [2.75, 3.05) is 12.9 Å². The third-order valence-corrected chi connectivity index (χ3v) is 10.6. The smallest absolute Gasteiger partial charge is 0.307 e. The normalized spacial score (nSPS) is 21.0. The summed E-state index contributed by atoms with van der Waals surface area (Å²) < 4.78 is 82.5. The highest BCUT2D eigenvalue weighted by molar-refractivity contribution is 7.91. The topological polar surface area (TPSA) is 134 Å². The summed E-state index contributed by atoms with van der Waals surface area (Å²) in [4.78, 5) is 21.7. The Labute approximate surface area is 267 Å². The van der Waals surface area contributed by atoms with Crippen molar-refractivity contribution < 1.29 is 41.0 Å². The van der Waals surface area contributed by atoms with Gasteiger partial charge in [-0.2, -0.15) is 4.39 Å². The van der Waals surface area contributed by atoms with Gasteiger partial charge in [0.15, 0.2) is 21.4 Å². The van der Waals surface area contributed by atoms with Gasteiger partial charge in [0.05, 0.1) is 29.3 Å². The molecule has 244 valence electrons. The number of hydrogen-bond donors (Lipinski definition) is 3. The van der Waals surface area contributed by atoms with E-state index in [9.17, 15) is 22.7 Å². The average Bonchev–Trinajstić information content (AvgIpc) is 3.81. The summed E-state index contributed by atoms with van der Waals surface area (Å²) in [5.41, 5.74) is 1.26. The van der Waals surface area contributed by atoms with E-state index < -0.39 is 55.2 Å². The van der Waals surface area contributed by atoms with Gasteiger partial charge in [0, 0.05) is 40.9 Å². The molecule has 47 heavy (non-hydrogen) atoms. The zero-order valence-electron chi connectivity index (χ0n) is 25.4. The number of benzene rings is 3. The number of ether oxygens (including phenoxy) is 2. The van der Waals surface area contributed by atoms with E-state index in [-0.39, 0.29) is 34.0 Å². The summed E-state index contributed by atoms with van der Waals surface area (Å²) in [6, 6.07) is 10.5. The first-order valence-corrected chi connectivity index (χ1v) is 17.0. The lowest BCUT2D eigenvalue weighted by Crippen LogP contribution is -2.32. The minimum absolute atomic E-state index is 0.0434. The fourth-order valence-electron chi connectivity index (χ4n) is 7.07. The Balaban J connectivity index is 1.26. The number of aliphatic carboxylic acids is 1. The number of nitrogens with one attached hydrogen (secondary N) is 2. The number of fused-ring (bicyclic) bond motifs is 2. The van der Waals surface area contributed by atoms with Crippen LogP contribution in [0.2, 0.25) is 0 Å². The molecule has 9 nitrogen and oxygen atoms in total. The van der Waals surface area contributed by atoms with Crippen molar-refractivity contribution in [3.8, 4) is 28.6 Å². The average molecular weight is 666 g/mol. The fourth-order valence-corrected chi connectivity index (χ4v) is 8.11. The molecule has 3 atom stereocenters. The number of nitrogens with zero attached hydrogens (tertiary/aromatic N) is 1. The third kappa shape index (κ3) is 5.03. The molecule has 1 aliphatic heterocycles. The molecule has 1 saturated carbocycles. The predicted molar refractivity (Wildman–Crippen MR) is 166 cm³/mol. The summed E-state index contributed by atoms with van der Waals surface area (Å²) in [6.07, 6.45) is 6.53. The van der Waals surface area contributed by atoms with Gasteiger partial charge in [0.25, 0.3) is 0 Å². The lowest BCUT2D eigenvalue weighted by atomic mass is 9.73. The maximum atomic E-state index is 15.3. The summed E-state index contributed by atoms with van der Waals surface area (Å²) in [5.74, 6) is -5.19. The first-order valence-electron chi connectivity index (χ1n) is 15.1. The number of carbonyl (C=O) groups is 1. The molecule has 0 radical (unpaired) electrons. The second kappa shape index (κ2) is 11.2. The van der Waals surface area contributed by atoms with Crippen LogP contribution in [-0.4, -0.2) is 47.3 Å². The van der Waals surface area contributed by atoms with Gasteiger partial charge in [-0.25, -0.2) is 22.2 Å². The zero-order chi connectivity index (χ0) is 33.2. The number of imidazole rings is 1. The molecule has 7 rings (SSSR count). The maximum Gasteiger partial charge on any atom is 0.307 e. The summed E-state index contributed by atoms with van der Waals surface area (Å²) >= 11 is 0. The number of H-pyrrole nitrogens is 2. The number of hydrogen-bond acceptors (Lipinski definition) is 6. The third-order valence-electron chi connectivity index (χ3n) is 9.46. The minimum atomic E-state index is -4.10. The van der Waals surface area contributed by atoms with Gasteiger partial charge in [0.2, 0.25) is 5.82 Å². The van der Waals surface area contributed by atoms with Gasteiger partial charge >= 0.3 is 5.97 Å². The Morgan fingerprint density at radius 2 is 1.91 bits per heavy atom. The van der Waals surface area contributed by atoms with Crippen LogP contribution in [0.4, 0.5) is 13.2 Å². The quantitative estimate of drug-likeness (QED) is 0.156. The van der Waals surface area contributed by atoms with Crippen molar-refractivity contribution in [3.05, 3.63) is 89.1 Å². The lowest BCUT2D eigenvalue weighted by molar-refractivity contribution is -0.142. The first kappa shape index (κ1) is 30.9. The Kier molecular flexibility index (Phi) is 7.34. The van der Waals surface area contributed by atoms with Gasteiger partial charge in [-0.15, -0.1) is 0 Å². The van der Waals surface area contributed by atoms with Crippen molar-refractivity contribution >= 4 is 26.7 Å². The molecule has 0 bridgehead atoms. The van der Waals surface area contributed by atoms with Crippen LogP contribution >= 0.6 is 0 Å². The lowest BCUT2D eigenvalue weighted by Gasteiger charge is -2.36. The fraction of sp³-hybridized carbons (Fsp3) is 0.294. The number of aromatic amines is 2. The van der Waals surface area contributed by atoms with E-state index in [4.69, 9.17) is 14.5 Å². The van der Waals surface area contributed by atoms with E-state index in [0.717, 1.165) is 36.3 Å². The zero-order valence-corrected chi connectivity index (χ0v) is 26.2. The van der Waals surface area contributed by atoms with E-state index in [1.165, 1.54) is 24.4 Å². The molecule has 2 unspecified atom stereocenters. The van der Waals surface area contributed by atoms with Crippen molar-refractivity contribution in [1.29, 1.82) is 0 Å². The molecular formula is C34H30F3N3O6S. The second-order valence-corrected chi connectivity index (χ2v) is 14.3. The second-order valence-electron chi connectivity index (χ2n) is 12.3. The van der Waals surface area contributed by atoms with Crippen LogP contribution in [0.1, 0.15) is 55.3 Å². The molecule has 0 saturated heterocycles. The van der Waals surface area contributed by atoms with Gasteiger partial charge in [0.1, 0.15) is 28.0 Å². The minimum Gasteiger partial charge on any atom is -0.493 e. The number of halogens is 3. The Morgan fingerprint density at radius 3 is 2.68 bits per heavy atom.